The van der Waals surface area contributed by atoms with Crippen LogP contribution < -0.4 is 0 Å². The molecule has 0 aromatic carbocycles. The van der Waals surface area contributed by atoms with Crippen molar-refractivity contribution < 1.29 is 43.0 Å². The average Bonchev–Trinajstić information content (AvgIpc) is 3.09. The predicted octanol–water partition coefficient (Wildman–Crippen LogP) is 10.7. The van der Waals surface area contributed by atoms with Crippen molar-refractivity contribution in [1.29, 1.82) is 0 Å². The van der Waals surface area contributed by atoms with Gasteiger partial charge in [-0.3, -0.25) is 14.1 Å². The maximum Gasteiger partial charge on any atom is 0.469 e. The molecule has 0 aliphatic rings. The van der Waals surface area contributed by atoms with Gasteiger partial charge < -0.3 is 24.4 Å². The first-order chi connectivity index (χ1) is 25.0. The Morgan fingerprint density at radius 3 is 1.79 bits per heavy atom. The molecule has 0 saturated heterocycles. The molecule has 0 aromatic heterocycles. The van der Waals surface area contributed by atoms with Crippen LogP contribution in [0.15, 0.2) is 72.9 Å². The third-order valence-electron chi connectivity index (χ3n) is 8.01. The Morgan fingerprint density at radius 2 is 1.21 bits per heavy atom. The van der Waals surface area contributed by atoms with E-state index < -0.39 is 38.6 Å². The largest absolute Gasteiger partial charge is 0.469 e. The molecule has 298 valence electrons. The number of phosphoric acid groups is 1. The normalized spacial score (nSPS) is 14.0. The van der Waals surface area contributed by atoms with Crippen LogP contribution in [0, 0.1) is 5.92 Å². The molecule has 0 amide bonds. The van der Waals surface area contributed by atoms with Gasteiger partial charge in [0.15, 0.2) is 6.10 Å². The number of allylic oxidation sites excluding steroid dienone is 10. The van der Waals surface area contributed by atoms with Gasteiger partial charge in [-0.2, -0.15) is 0 Å². The molecule has 0 saturated carbocycles. The molecule has 0 radical (unpaired) electrons. The molecule has 0 bridgehead atoms. The number of hydrogen-bond donors (Lipinski definition) is 3. The fraction of sp³-hybridized carbons (Fsp3) is 0.667. The SMILES string of the molecule is CC/C=C\C/C=C\C/C=C\C/C=C\C=C/C(O)C/C=C\CCC(=O)O[C@H](COC(=O)CCCCCCCCCCCCCC(C)C)COP(=O)(O)O. The van der Waals surface area contributed by atoms with Gasteiger partial charge in [-0.05, 0) is 50.9 Å². The summed E-state index contributed by atoms with van der Waals surface area (Å²) in [5.41, 5.74) is 0. The van der Waals surface area contributed by atoms with E-state index in [-0.39, 0.29) is 19.4 Å². The quantitative estimate of drug-likeness (QED) is 0.0193. The van der Waals surface area contributed by atoms with Crippen molar-refractivity contribution in [1.82, 2.24) is 0 Å². The fourth-order valence-electron chi connectivity index (χ4n) is 5.08. The Hall–Kier alpha value is -2.55. The topological polar surface area (TPSA) is 140 Å². The Morgan fingerprint density at radius 1 is 0.654 bits per heavy atom. The molecule has 52 heavy (non-hydrogen) atoms. The van der Waals surface area contributed by atoms with Crippen molar-refractivity contribution in [3.05, 3.63) is 72.9 Å². The van der Waals surface area contributed by atoms with Crippen molar-refractivity contribution in [3.63, 3.8) is 0 Å². The van der Waals surface area contributed by atoms with Gasteiger partial charge in [-0.1, -0.05) is 164 Å². The zero-order valence-corrected chi connectivity index (χ0v) is 33.3. The van der Waals surface area contributed by atoms with E-state index in [1.165, 1.54) is 51.4 Å². The molecule has 0 aliphatic heterocycles. The number of hydrogen-bond acceptors (Lipinski definition) is 7. The number of carbonyl (C=O) groups is 2. The molecular formula is C42H71O9P. The lowest BCUT2D eigenvalue weighted by Gasteiger charge is -2.18. The highest BCUT2D eigenvalue weighted by atomic mass is 31.2. The molecule has 0 aliphatic carbocycles. The number of rotatable bonds is 34. The van der Waals surface area contributed by atoms with Crippen LogP contribution >= 0.6 is 7.82 Å². The second-order valence-electron chi connectivity index (χ2n) is 13.6. The highest BCUT2D eigenvalue weighted by molar-refractivity contribution is 7.46. The molecule has 1 unspecified atom stereocenters. The van der Waals surface area contributed by atoms with Crippen molar-refractivity contribution in [2.45, 2.75) is 161 Å². The number of phosphoric ester groups is 1. The summed E-state index contributed by atoms with van der Waals surface area (Å²) in [4.78, 5) is 42.7. The van der Waals surface area contributed by atoms with Crippen molar-refractivity contribution >= 4 is 19.8 Å². The monoisotopic (exact) mass is 750 g/mol. The lowest BCUT2D eigenvalue weighted by Crippen LogP contribution is -2.29. The van der Waals surface area contributed by atoms with Crippen molar-refractivity contribution in [3.8, 4) is 0 Å². The van der Waals surface area contributed by atoms with E-state index in [0.717, 1.165) is 50.9 Å². The summed E-state index contributed by atoms with van der Waals surface area (Å²) in [7, 11) is -4.80. The number of unbranched alkanes of at least 4 members (excludes halogenated alkanes) is 10. The summed E-state index contributed by atoms with van der Waals surface area (Å²) in [6.45, 7) is 5.72. The van der Waals surface area contributed by atoms with Crippen LogP contribution in [0.2, 0.25) is 0 Å². The highest BCUT2D eigenvalue weighted by Crippen LogP contribution is 2.36. The molecule has 9 nitrogen and oxygen atoms in total. The van der Waals surface area contributed by atoms with Crippen molar-refractivity contribution in [2.75, 3.05) is 13.2 Å². The second-order valence-corrected chi connectivity index (χ2v) is 14.8. The number of esters is 2. The molecule has 10 heteroatoms. The lowest BCUT2D eigenvalue weighted by atomic mass is 10.0. The van der Waals surface area contributed by atoms with Crippen LogP contribution in [0.25, 0.3) is 0 Å². The first-order valence-electron chi connectivity index (χ1n) is 19.7. The highest BCUT2D eigenvalue weighted by Gasteiger charge is 2.22. The minimum absolute atomic E-state index is 0.00302. The number of ether oxygens (including phenoxy) is 2. The molecule has 0 spiro atoms. The summed E-state index contributed by atoms with van der Waals surface area (Å²) >= 11 is 0. The van der Waals surface area contributed by atoms with E-state index in [1.54, 1.807) is 24.3 Å². The smallest absolute Gasteiger partial charge is 0.462 e. The van der Waals surface area contributed by atoms with Gasteiger partial charge >= 0.3 is 19.8 Å². The number of carbonyl (C=O) groups excluding carboxylic acids is 2. The van der Waals surface area contributed by atoms with Gasteiger partial charge in [0.2, 0.25) is 0 Å². The third-order valence-corrected chi connectivity index (χ3v) is 8.50. The zero-order chi connectivity index (χ0) is 38.5. The Balaban J connectivity index is 4.20. The van der Waals surface area contributed by atoms with Crippen LogP contribution in [0.5, 0.6) is 0 Å². The number of aliphatic hydroxyl groups is 1. The summed E-state index contributed by atoms with van der Waals surface area (Å²) in [5, 5.41) is 10.1. The fourth-order valence-corrected chi connectivity index (χ4v) is 5.44. The summed E-state index contributed by atoms with van der Waals surface area (Å²) in [6, 6.07) is 0. The minimum atomic E-state index is -4.80. The van der Waals surface area contributed by atoms with Crippen LogP contribution in [-0.2, 0) is 28.2 Å². The molecule has 0 rings (SSSR count). The van der Waals surface area contributed by atoms with E-state index in [4.69, 9.17) is 19.3 Å². The summed E-state index contributed by atoms with van der Waals surface area (Å²) < 4.78 is 26.2. The Bertz CT molecular complexity index is 1100. The predicted molar refractivity (Wildman–Crippen MR) is 213 cm³/mol. The Kier molecular flexibility index (Phi) is 33.7. The second kappa shape index (κ2) is 35.5. The molecule has 2 atom stereocenters. The van der Waals surface area contributed by atoms with Gasteiger partial charge in [-0.15, -0.1) is 0 Å². The molecule has 0 aromatic rings. The van der Waals surface area contributed by atoms with E-state index >= 15 is 0 Å². The number of aliphatic hydroxyl groups excluding tert-OH is 1. The summed E-state index contributed by atoms with van der Waals surface area (Å²) in [6.07, 6.45) is 40.9. The summed E-state index contributed by atoms with van der Waals surface area (Å²) in [5.74, 6) is -0.272. The van der Waals surface area contributed by atoms with Gasteiger partial charge in [0.25, 0.3) is 0 Å². The standard InChI is InChI=1S/C42H71O9P/c1-4-5-6-7-8-9-10-11-14-17-20-23-27-32-39(43)33-28-25-30-35-42(45)51-40(37-50-52(46,47)48)36-49-41(44)34-29-24-21-18-15-12-13-16-19-22-26-31-38(2)3/h5-6,8-9,11,14,20,23,25,27-28,32,38-40,43H,4,7,10,12-13,15-19,21-22,24,26,29-31,33-37H2,1-3H3,(H2,46,47,48)/b6-5-,9-8-,14-11-,23-20-,28-25-,32-27-/t39?,40-/m1/s1. The molecule has 3 N–H and O–H groups in total. The zero-order valence-electron chi connectivity index (χ0n) is 32.5. The molecule has 0 fully saturated rings. The lowest BCUT2D eigenvalue weighted by molar-refractivity contribution is -0.161. The maximum absolute atomic E-state index is 12.4. The first kappa shape index (κ1) is 49.5. The van der Waals surface area contributed by atoms with E-state index in [9.17, 15) is 19.3 Å². The van der Waals surface area contributed by atoms with Crippen molar-refractivity contribution in [2.24, 2.45) is 5.92 Å². The van der Waals surface area contributed by atoms with E-state index in [2.05, 4.69) is 61.8 Å². The van der Waals surface area contributed by atoms with E-state index in [1.807, 2.05) is 12.2 Å². The molecule has 0 heterocycles. The van der Waals surface area contributed by atoms with Crippen LogP contribution in [-0.4, -0.2) is 52.3 Å². The first-order valence-corrected chi connectivity index (χ1v) is 21.2. The third kappa shape index (κ3) is 38.7. The molecular weight excluding hydrogens is 679 g/mol. The average molecular weight is 751 g/mol. The van der Waals surface area contributed by atoms with Crippen LogP contribution in [0.1, 0.15) is 149 Å². The minimum Gasteiger partial charge on any atom is -0.462 e. The van der Waals surface area contributed by atoms with Gasteiger partial charge in [0.05, 0.1) is 12.7 Å². The Labute approximate surface area is 315 Å². The van der Waals surface area contributed by atoms with Gasteiger partial charge in [-0.25, -0.2) is 4.57 Å². The van der Waals surface area contributed by atoms with Gasteiger partial charge in [0, 0.05) is 12.8 Å². The van der Waals surface area contributed by atoms with Crippen LogP contribution in [0.3, 0.4) is 0 Å². The van der Waals surface area contributed by atoms with Crippen LogP contribution in [0.4, 0.5) is 0 Å². The van der Waals surface area contributed by atoms with E-state index in [0.29, 0.717) is 19.3 Å². The maximum atomic E-state index is 12.4. The van der Waals surface area contributed by atoms with Gasteiger partial charge in [0.1, 0.15) is 6.61 Å².